The van der Waals surface area contributed by atoms with E-state index in [0.29, 0.717) is 19.4 Å². The molecule has 2 heterocycles. The lowest BCUT2D eigenvalue weighted by Gasteiger charge is -2.16. The fraction of sp³-hybridized carbons (Fsp3) is 0.571. The summed E-state index contributed by atoms with van der Waals surface area (Å²) in [5.74, 6) is -0.939. The van der Waals surface area contributed by atoms with Crippen LogP contribution in [0.4, 0.5) is 4.79 Å². The number of hydrogen-bond donors (Lipinski definition) is 3. The number of nitrogens with one attached hydrogen (secondary N) is 2. The average molecular weight is 312 g/mol. The van der Waals surface area contributed by atoms with E-state index in [4.69, 9.17) is 9.84 Å². The van der Waals surface area contributed by atoms with Crippen LogP contribution < -0.4 is 10.6 Å². The number of carbonyl (C=O) groups is 2. The Bertz CT molecular complexity index is 477. The molecule has 6 nitrogen and oxygen atoms in total. The molecule has 3 unspecified atom stereocenters. The van der Waals surface area contributed by atoms with Crippen molar-refractivity contribution < 1.29 is 19.4 Å². The molecule has 0 spiro atoms. The van der Waals surface area contributed by atoms with Crippen molar-refractivity contribution in [1.29, 1.82) is 0 Å². The summed E-state index contributed by atoms with van der Waals surface area (Å²) in [7, 11) is 0. The minimum Gasteiger partial charge on any atom is -0.479 e. The Balaban J connectivity index is 1.64. The van der Waals surface area contributed by atoms with E-state index < -0.39 is 12.1 Å². The molecule has 7 heteroatoms. The molecule has 3 atom stereocenters. The number of aliphatic carboxylic acids is 1. The number of ether oxygens (including phenoxy) is 1. The first kappa shape index (κ1) is 15.8. The van der Waals surface area contributed by atoms with Crippen molar-refractivity contribution in [3.05, 3.63) is 22.4 Å². The van der Waals surface area contributed by atoms with E-state index in [1.165, 1.54) is 5.56 Å². The largest absolute Gasteiger partial charge is 0.479 e. The van der Waals surface area contributed by atoms with Gasteiger partial charge in [0.15, 0.2) is 6.10 Å². The van der Waals surface area contributed by atoms with Crippen molar-refractivity contribution in [3.8, 4) is 0 Å². The lowest BCUT2D eigenvalue weighted by molar-refractivity contribution is -0.149. The molecule has 0 radical (unpaired) electrons. The van der Waals surface area contributed by atoms with Crippen LogP contribution in [0.5, 0.6) is 0 Å². The molecule has 0 saturated carbocycles. The van der Waals surface area contributed by atoms with Gasteiger partial charge in [0, 0.05) is 12.6 Å². The quantitative estimate of drug-likeness (QED) is 0.745. The highest BCUT2D eigenvalue weighted by atomic mass is 32.1. The van der Waals surface area contributed by atoms with Crippen LogP contribution in [0.3, 0.4) is 0 Å². The summed E-state index contributed by atoms with van der Waals surface area (Å²) in [6.07, 6.45) is 0.985. The standard InChI is InChI=1S/C14H20N2O4S/c1-9(6-10-4-5-21-8-10)16-14(19)15-7-11-2-3-12(20-11)13(17)18/h4-5,8-9,11-12H,2-3,6-7H2,1H3,(H,17,18)(H2,15,16,19). The Hall–Kier alpha value is -1.60. The van der Waals surface area contributed by atoms with E-state index in [-0.39, 0.29) is 18.2 Å². The van der Waals surface area contributed by atoms with Crippen molar-refractivity contribution in [1.82, 2.24) is 10.6 Å². The molecule has 0 bridgehead atoms. The van der Waals surface area contributed by atoms with E-state index in [0.717, 1.165) is 6.42 Å². The van der Waals surface area contributed by atoms with Crippen molar-refractivity contribution in [2.75, 3.05) is 6.54 Å². The Labute approximate surface area is 127 Å². The first-order valence-electron chi connectivity index (χ1n) is 6.98. The van der Waals surface area contributed by atoms with Crippen molar-refractivity contribution in [2.24, 2.45) is 0 Å². The van der Waals surface area contributed by atoms with Crippen LogP contribution in [0.1, 0.15) is 25.3 Å². The van der Waals surface area contributed by atoms with Crippen LogP contribution >= 0.6 is 11.3 Å². The molecule has 0 aromatic carbocycles. The van der Waals surface area contributed by atoms with E-state index in [9.17, 15) is 9.59 Å². The fourth-order valence-corrected chi connectivity index (χ4v) is 3.01. The highest BCUT2D eigenvalue weighted by molar-refractivity contribution is 7.07. The third-order valence-electron chi connectivity index (χ3n) is 3.37. The molecule has 3 N–H and O–H groups in total. The van der Waals surface area contributed by atoms with E-state index in [1.54, 1.807) is 11.3 Å². The van der Waals surface area contributed by atoms with Crippen LogP contribution in [0.2, 0.25) is 0 Å². The zero-order valence-corrected chi connectivity index (χ0v) is 12.7. The monoisotopic (exact) mass is 312 g/mol. The van der Waals surface area contributed by atoms with Crippen molar-refractivity contribution in [2.45, 2.75) is 44.4 Å². The van der Waals surface area contributed by atoms with Gasteiger partial charge in [-0.1, -0.05) is 0 Å². The van der Waals surface area contributed by atoms with Gasteiger partial charge in [-0.05, 0) is 48.6 Å². The Morgan fingerprint density at radius 3 is 2.95 bits per heavy atom. The predicted molar refractivity (Wildman–Crippen MR) is 79.6 cm³/mol. The van der Waals surface area contributed by atoms with Gasteiger partial charge in [0.2, 0.25) is 0 Å². The molecular weight excluding hydrogens is 292 g/mol. The third kappa shape index (κ3) is 5.02. The number of carboxylic acids is 1. The highest BCUT2D eigenvalue weighted by Gasteiger charge is 2.30. The van der Waals surface area contributed by atoms with E-state index >= 15 is 0 Å². The van der Waals surface area contributed by atoms with Gasteiger partial charge < -0.3 is 20.5 Å². The average Bonchev–Trinajstić information content (AvgIpc) is 3.06. The van der Waals surface area contributed by atoms with Gasteiger partial charge in [-0.15, -0.1) is 0 Å². The second-order valence-corrected chi connectivity index (χ2v) is 6.03. The first-order valence-corrected chi connectivity index (χ1v) is 7.92. The van der Waals surface area contributed by atoms with Crippen LogP contribution in [-0.4, -0.2) is 41.9 Å². The van der Waals surface area contributed by atoms with Gasteiger partial charge in [-0.3, -0.25) is 0 Å². The summed E-state index contributed by atoms with van der Waals surface area (Å²) in [4.78, 5) is 22.5. The molecule has 1 saturated heterocycles. The molecule has 1 aromatic rings. The molecule has 1 aliphatic heterocycles. The third-order valence-corrected chi connectivity index (χ3v) is 4.10. The second kappa shape index (κ2) is 7.42. The number of thiophene rings is 1. The molecule has 2 amide bonds. The topological polar surface area (TPSA) is 87.7 Å². The molecule has 1 aliphatic rings. The maximum Gasteiger partial charge on any atom is 0.332 e. The Morgan fingerprint density at radius 1 is 1.52 bits per heavy atom. The molecule has 2 rings (SSSR count). The summed E-state index contributed by atoms with van der Waals surface area (Å²) in [5, 5.41) is 18.5. The fourth-order valence-electron chi connectivity index (χ4n) is 2.33. The SMILES string of the molecule is CC(Cc1ccsc1)NC(=O)NCC1CCC(C(=O)O)O1. The normalized spacial score (nSPS) is 22.7. The Morgan fingerprint density at radius 2 is 2.33 bits per heavy atom. The molecule has 0 aliphatic carbocycles. The van der Waals surface area contributed by atoms with Crippen LogP contribution in [0.15, 0.2) is 16.8 Å². The van der Waals surface area contributed by atoms with Crippen LogP contribution in [0.25, 0.3) is 0 Å². The van der Waals surface area contributed by atoms with E-state index in [2.05, 4.69) is 16.0 Å². The maximum atomic E-state index is 11.8. The summed E-state index contributed by atoms with van der Waals surface area (Å²) in [6, 6.07) is 1.83. The van der Waals surface area contributed by atoms with Crippen molar-refractivity contribution >= 4 is 23.3 Å². The van der Waals surface area contributed by atoms with Gasteiger partial charge in [-0.2, -0.15) is 11.3 Å². The predicted octanol–water partition coefficient (Wildman–Crippen LogP) is 1.61. The van der Waals surface area contributed by atoms with Gasteiger partial charge in [0.05, 0.1) is 6.10 Å². The smallest absolute Gasteiger partial charge is 0.332 e. The minimum absolute atomic E-state index is 0.0378. The summed E-state index contributed by atoms with van der Waals surface area (Å²) in [6.45, 7) is 2.28. The molecule has 1 fully saturated rings. The number of amides is 2. The second-order valence-electron chi connectivity index (χ2n) is 5.25. The number of rotatable bonds is 6. The zero-order chi connectivity index (χ0) is 15.2. The van der Waals surface area contributed by atoms with Crippen molar-refractivity contribution in [3.63, 3.8) is 0 Å². The molecule has 21 heavy (non-hydrogen) atoms. The number of hydrogen-bond acceptors (Lipinski definition) is 4. The lowest BCUT2D eigenvalue weighted by Crippen LogP contribution is -2.44. The zero-order valence-electron chi connectivity index (χ0n) is 11.9. The Kier molecular flexibility index (Phi) is 5.58. The number of carboxylic acid groups (broad SMARTS) is 1. The minimum atomic E-state index is -0.939. The first-order chi connectivity index (χ1) is 10.0. The van der Waals surface area contributed by atoms with Crippen LogP contribution in [-0.2, 0) is 16.0 Å². The van der Waals surface area contributed by atoms with Crippen LogP contribution in [0, 0.1) is 0 Å². The summed E-state index contributed by atoms with van der Waals surface area (Å²) >= 11 is 1.64. The highest BCUT2D eigenvalue weighted by Crippen LogP contribution is 2.19. The number of carbonyl (C=O) groups excluding carboxylic acids is 1. The van der Waals surface area contributed by atoms with Gasteiger partial charge >= 0.3 is 12.0 Å². The molecule has 1 aromatic heterocycles. The summed E-state index contributed by atoms with van der Waals surface area (Å²) in [5.41, 5.74) is 1.20. The number of urea groups is 1. The molecule has 116 valence electrons. The van der Waals surface area contributed by atoms with Gasteiger partial charge in [-0.25, -0.2) is 9.59 Å². The van der Waals surface area contributed by atoms with E-state index in [1.807, 2.05) is 18.4 Å². The van der Waals surface area contributed by atoms with Gasteiger partial charge in [0.1, 0.15) is 0 Å². The van der Waals surface area contributed by atoms with Gasteiger partial charge in [0.25, 0.3) is 0 Å². The molecular formula is C14H20N2O4S. The summed E-state index contributed by atoms with van der Waals surface area (Å²) < 4.78 is 5.32. The maximum absolute atomic E-state index is 11.8. The lowest BCUT2D eigenvalue weighted by atomic mass is 10.1.